The van der Waals surface area contributed by atoms with Crippen LogP contribution in [-0.2, 0) is 21.4 Å². The number of hydrogen-bond donors (Lipinski definition) is 1. The van der Waals surface area contributed by atoms with E-state index < -0.39 is 34.2 Å². The quantitative estimate of drug-likeness (QED) is 0.261. The number of sulfonamides is 1. The number of rotatable bonds is 9. The molecule has 0 unspecified atom stereocenters. The fourth-order valence-electron chi connectivity index (χ4n) is 3.55. The SMILES string of the molecule is Cc1ccc(S(=O)(=O)N(Cc2ccc(Cl)cc2)c2ccc(OCC(=O)Nc3cc(F)ccc3F)cc2)cc1. The summed E-state index contributed by atoms with van der Waals surface area (Å²) in [6, 6.07) is 22.3. The van der Waals surface area contributed by atoms with Crippen LogP contribution in [0.25, 0.3) is 0 Å². The van der Waals surface area contributed by atoms with Gasteiger partial charge >= 0.3 is 0 Å². The number of anilines is 2. The molecule has 1 amide bonds. The summed E-state index contributed by atoms with van der Waals surface area (Å²) in [5, 5.41) is 2.78. The Hall–Kier alpha value is -3.95. The molecule has 0 bridgehead atoms. The number of nitrogens with zero attached hydrogens (tertiary/aromatic N) is 1. The van der Waals surface area contributed by atoms with Gasteiger partial charge in [0.05, 0.1) is 22.8 Å². The molecule has 0 saturated heterocycles. The molecule has 38 heavy (non-hydrogen) atoms. The second-order valence-corrected chi connectivity index (χ2v) is 10.7. The Balaban J connectivity index is 1.52. The van der Waals surface area contributed by atoms with Crippen LogP contribution in [0.4, 0.5) is 20.2 Å². The summed E-state index contributed by atoms with van der Waals surface area (Å²) in [6.45, 7) is 1.45. The zero-order valence-corrected chi connectivity index (χ0v) is 21.8. The minimum absolute atomic E-state index is 0.0508. The van der Waals surface area contributed by atoms with Crippen LogP contribution in [0, 0.1) is 18.6 Å². The topological polar surface area (TPSA) is 75.7 Å². The average molecular weight is 557 g/mol. The van der Waals surface area contributed by atoms with Gasteiger partial charge in [0.1, 0.15) is 17.4 Å². The highest BCUT2D eigenvalue weighted by Crippen LogP contribution is 2.28. The van der Waals surface area contributed by atoms with Crippen molar-refractivity contribution in [2.24, 2.45) is 0 Å². The second-order valence-electron chi connectivity index (χ2n) is 8.41. The van der Waals surface area contributed by atoms with Crippen LogP contribution >= 0.6 is 11.6 Å². The molecule has 0 aliphatic rings. The van der Waals surface area contributed by atoms with Crippen molar-refractivity contribution >= 4 is 38.9 Å². The normalized spacial score (nSPS) is 11.2. The number of nitrogens with one attached hydrogen (secondary N) is 1. The van der Waals surface area contributed by atoms with Crippen molar-refractivity contribution in [1.82, 2.24) is 0 Å². The number of ether oxygens (including phenoxy) is 1. The molecule has 4 aromatic carbocycles. The highest BCUT2D eigenvalue weighted by atomic mass is 35.5. The van der Waals surface area contributed by atoms with Crippen LogP contribution < -0.4 is 14.4 Å². The highest BCUT2D eigenvalue weighted by Gasteiger charge is 2.25. The zero-order valence-electron chi connectivity index (χ0n) is 20.2. The van der Waals surface area contributed by atoms with Crippen LogP contribution in [0.1, 0.15) is 11.1 Å². The molecule has 0 atom stereocenters. The summed E-state index contributed by atoms with van der Waals surface area (Å²) in [5.41, 5.74) is 1.73. The number of halogens is 3. The number of benzene rings is 4. The summed E-state index contributed by atoms with van der Waals surface area (Å²) in [4.78, 5) is 12.3. The molecule has 0 heterocycles. The van der Waals surface area contributed by atoms with Gasteiger partial charge < -0.3 is 10.1 Å². The predicted molar refractivity (Wildman–Crippen MR) is 143 cm³/mol. The third-order valence-electron chi connectivity index (χ3n) is 5.55. The van der Waals surface area contributed by atoms with Gasteiger partial charge in [0.25, 0.3) is 15.9 Å². The minimum atomic E-state index is -3.93. The first-order chi connectivity index (χ1) is 18.1. The molecule has 0 spiro atoms. The van der Waals surface area contributed by atoms with Crippen molar-refractivity contribution in [1.29, 1.82) is 0 Å². The van der Waals surface area contributed by atoms with Gasteiger partial charge in [0.15, 0.2) is 6.61 Å². The van der Waals surface area contributed by atoms with Crippen LogP contribution in [0.3, 0.4) is 0 Å². The first-order valence-corrected chi connectivity index (χ1v) is 13.3. The summed E-state index contributed by atoms with van der Waals surface area (Å²) in [5.74, 6) is -1.88. The molecule has 1 N–H and O–H groups in total. The summed E-state index contributed by atoms with van der Waals surface area (Å²) < 4.78 is 61.0. The summed E-state index contributed by atoms with van der Waals surface area (Å²) in [7, 11) is -3.93. The van der Waals surface area contributed by atoms with Crippen molar-refractivity contribution in [3.05, 3.63) is 119 Å². The van der Waals surface area contributed by atoms with E-state index in [1.807, 2.05) is 6.92 Å². The molecule has 10 heteroatoms. The monoisotopic (exact) mass is 556 g/mol. The number of hydrogen-bond acceptors (Lipinski definition) is 4. The van der Waals surface area contributed by atoms with E-state index in [0.29, 0.717) is 10.7 Å². The molecule has 0 aliphatic carbocycles. The minimum Gasteiger partial charge on any atom is -0.484 e. The average Bonchev–Trinajstić information content (AvgIpc) is 2.90. The number of aryl methyl sites for hydroxylation is 1. The summed E-state index contributed by atoms with van der Waals surface area (Å²) >= 11 is 5.99. The van der Waals surface area contributed by atoms with Gasteiger partial charge in [-0.1, -0.05) is 41.4 Å². The van der Waals surface area contributed by atoms with Gasteiger partial charge in [-0.2, -0.15) is 0 Å². The van der Waals surface area contributed by atoms with E-state index in [0.717, 1.165) is 29.3 Å². The van der Waals surface area contributed by atoms with Gasteiger partial charge in [-0.15, -0.1) is 0 Å². The lowest BCUT2D eigenvalue weighted by molar-refractivity contribution is -0.118. The molecular formula is C28H23ClF2N2O4S. The summed E-state index contributed by atoms with van der Waals surface area (Å²) in [6.07, 6.45) is 0. The Morgan fingerprint density at radius 2 is 1.58 bits per heavy atom. The Morgan fingerprint density at radius 3 is 2.24 bits per heavy atom. The maximum atomic E-state index is 13.7. The van der Waals surface area contributed by atoms with Gasteiger partial charge in [0.2, 0.25) is 0 Å². The molecule has 0 saturated carbocycles. The van der Waals surface area contributed by atoms with E-state index in [1.165, 1.54) is 16.4 Å². The molecule has 4 rings (SSSR count). The Bertz CT molecular complexity index is 1530. The molecule has 0 aliphatic heterocycles. The van der Waals surface area contributed by atoms with Crippen molar-refractivity contribution in [3.63, 3.8) is 0 Å². The van der Waals surface area contributed by atoms with Crippen molar-refractivity contribution in [2.45, 2.75) is 18.4 Å². The molecule has 0 fully saturated rings. The smallest absolute Gasteiger partial charge is 0.264 e. The number of carbonyl (C=O) groups is 1. The van der Waals surface area contributed by atoms with E-state index in [9.17, 15) is 22.0 Å². The molecule has 6 nitrogen and oxygen atoms in total. The van der Waals surface area contributed by atoms with Gasteiger partial charge in [-0.25, -0.2) is 17.2 Å². The maximum Gasteiger partial charge on any atom is 0.264 e. The first-order valence-electron chi connectivity index (χ1n) is 11.4. The molecule has 196 valence electrons. The third-order valence-corrected chi connectivity index (χ3v) is 7.59. The lowest BCUT2D eigenvalue weighted by atomic mass is 10.2. The van der Waals surface area contributed by atoms with E-state index >= 15 is 0 Å². The Kier molecular flexibility index (Phi) is 8.29. The third kappa shape index (κ3) is 6.67. The van der Waals surface area contributed by atoms with Crippen molar-refractivity contribution in [3.8, 4) is 5.75 Å². The van der Waals surface area contributed by atoms with E-state index in [-0.39, 0.29) is 22.9 Å². The van der Waals surface area contributed by atoms with Crippen LogP contribution in [-0.4, -0.2) is 20.9 Å². The lowest BCUT2D eigenvalue weighted by Gasteiger charge is -2.25. The number of carbonyl (C=O) groups excluding carboxylic acids is 1. The zero-order chi connectivity index (χ0) is 27.3. The van der Waals surface area contributed by atoms with Gasteiger partial charge in [-0.05, 0) is 73.2 Å². The van der Waals surface area contributed by atoms with Crippen LogP contribution in [0.2, 0.25) is 5.02 Å². The maximum absolute atomic E-state index is 13.7. The fourth-order valence-corrected chi connectivity index (χ4v) is 5.12. The van der Waals surface area contributed by atoms with Crippen LogP contribution in [0.5, 0.6) is 5.75 Å². The van der Waals surface area contributed by atoms with Crippen LogP contribution in [0.15, 0.2) is 95.9 Å². The van der Waals surface area contributed by atoms with E-state index in [1.54, 1.807) is 60.7 Å². The number of amides is 1. The van der Waals surface area contributed by atoms with Gasteiger partial charge in [0, 0.05) is 11.1 Å². The van der Waals surface area contributed by atoms with Crippen molar-refractivity contribution in [2.75, 3.05) is 16.2 Å². The predicted octanol–water partition coefficient (Wildman–Crippen LogP) is 6.34. The molecular weight excluding hydrogens is 534 g/mol. The van der Waals surface area contributed by atoms with Gasteiger partial charge in [-0.3, -0.25) is 9.10 Å². The molecule has 4 aromatic rings. The standard InChI is InChI=1S/C28H23ClF2N2O4S/c1-19-2-13-25(14-3-19)38(35,36)33(17-20-4-6-21(29)7-5-20)23-9-11-24(12-10-23)37-18-28(34)32-27-16-22(30)8-15-26(27)31/h2-16H,17-18H2,1H3,(H,32,34). The Morgan fingerprint density at radius 1 is 0.921 bits per heavy atom. The lowest BCUT2D eigenvalue weighted by Crippen LogP contribution is -2.30. The second kappa shape index (κ2) is 11.6. The fraction of sp³-hybridized carbons (Fsp3) is 0.107. The largest absolute Gasteiger partial charge is 0.484 e. The molecule has 0 aromatic heterocycles. The first kappa shape index (κ1) is 27.1. The van der Waals surface area contributed by atoms with Crippen molar-refractivity contribution < 1.29 is 26.7 Å². The van der Waals surface area contributed by atoms with E-state index in [4.69, 9.17) is 16.3 Å². The molecule has 0 radical (unpaired) electrons. The Labute approximate surface area is 224 Å². The highest BCUT2D eigenvalue weighted by molar-refractivity contribution is 7.92. The van der Waals surface area contributed by atoms with E-state index in [2.05, 4.69) is 5.32 Å².